The highest BCUT2D eigenvalue weighted by Gasteiger charge is 2.80. The Morgan fingerprint density at radius 1 is 1.15 bits per heavy atom. The second-order valence-electron chi connectivity index (χ2n) is 11.8. The molecule has 7 atom stereocenters. The Bertz CT molecular complexity index is 1120. The molecule has 8 nitrogen and oxygen atoms in total. The van der Waals surface area contributed by atoms with E-state index in [0.717, 1.165) is 5.56 Å². The number of likely N-dealkylation sites (tertiary alicyclic amines) is 1. The van der Waals surface area contributed by atoms with Crippen molar-refractivity contribution in [2.24, 2.45) is 17.8 Å². The second kappa shape index (κ2) is 10.9. The van der Waals surface area contributed by atoms with Gasteiger partial charge in [-0.3, -0.25) is 14.4 Å². The normalized spacial score (nSPS) is 31.8. The number of carbonyl (C=O) groups is 3. The summed E-state index contributed by atoms with van der Waals surface area (Å²) in [6.07, 6.45) is 3.84. The highest BCUT2D eigenvalue weighted by Crippen LogP contribution is 2.65. The Kier molecular flexibility index (Phi) is 8.11. The van der Waals surface area contributed by atoms with Crippen molar-refractivity contribution in [3.8, 4) is 0 Å². The smallest absolute Gasteiger partial charge is 0.248 e. The molecule has 1 spiro atoms. The Balaban J connectivity index is 1.81. The van der Waals surface area contributed by atoms with Crippen LogP contribution in [0, 0.1) is 17.8 Å². The van der Waals surface area contributed by atoms with Crippen molar-refractivity contribution >= 4 is 17.7 Å². The van der Waals surface area contributed by atoms with Crippen LogP contribution in [0.1, 0.15) is 46.6 Å². The summed E-state index contributed by atoms with van der Waals surface area (Å²) in [5, 5.41) is 10.1. The Morgan fingerprint density at radius 3 is 2.36 bits per heavy atom. The maximum Gasteiger partial charge on any atom is 0.248 e. The van der Waals surface area contributed by atoms with Gasteiger partial charge in [-0.25, -0.2) is 0 Å². The Morgan fingerprint density at radius 2 is 1.79 bits per heavy atom. The van der Waals surface area contributed by atoms with Crippen LogP contribution in [0.2, 0.25) is 0 Å². The molecule has 3 amide bonds. The van der Waals surface area contributed by atoms with E-state index in [4.69, 9.17) is 4.74 Å². The molecule has 0 aromatic heterocycles. The van der Waals surface area contributed by atoms with Gasteiger partial charge >= 0.3 is 0 Å². The summed E-state index contributed by atoms with van der Waals surface area (Å²) in [5.41, 5.74) is -1.10. The third kappa shape index (κ3) is 4.51. The molecular weight excluding hydrogens is 494 g/mol. The van der Waals surface area contributed by atoms with Crippen LogP contribution >= 0.6 is 0 Å². The van der Waals surface area contributed by atoms with Gasteiger partial charge in [0.1, 0.15) is 11.6 Å². The van der Waals surface area contributed by atoms with E-state index in [-0.39, 0.29) is 36.3 Å². The number of amides is 3. The summed E-state index contributed by atoms with van der Waals surface area (Å²) >= 11 is 0. The van der Waals surface area contributed by atoms with Crippen LogP contribution in [0.15, 0.2) is 55.6 Å². The predicted octanol–water partition coefficient (Wildman–Crippen LogP) is 3.02. The maximum absolute atomic E-state index is 14.4. The molecule has 39 heavy (non-hydrogen) atoms. The predicted molar refractivity (Wildman–Crippen MR) is 149 cm³/mol. The Hall–Kier alpha value is -2.97. The molecule has 2 bridgehead atoms. The second-order valence-corrected chi connectivity index (χ2v) is 11.8. The number of hydrogen-bond acceptors (Lipinski definition) is 5. The van der Waals surface area contributed by atoms with Gasteiger partial charge < -0.3 is 24.5 Å². The minimum Gasteiger partial charge on any atom is -0.394 e. The van der Waals surface area contributed by atoms with Gasteiger partial charge in [-0.1, -0.05) is 49.4 Å². The lowest BCUT2D eigenvalue weighted by Gasteiger charge is -2.40. The molecule has 3 fully saturated rings. The van der Waals surface area contributed by atoms with E-state index in [0.29, 0.717) is 26.1 Å². The molecule has 1 aromatic carbocycles. The molecule has 4 rings (SSSR count). The first kappa shape index (κ1) is 29.0. The van der Waals surface area contributed by atoms with Crippen molar-refractivity contribution in [3.05, 3.63) is 61.2 Å². The summed E-state index contributed by atoms with van der Waals surface area (Å²) < 4.78 is 6.84. The molecule has 0 aliphatic carbocycles. The van der Waals surface area contributed by atoms with E-state index in [1.54, 1.807) is 28.9 Å². The van der Waals surface area contributed by atoms with Crippen molar-refractivity contribution in [1.29, 1.82) is 0 Å². The molecule has 8 heteroatoms. The molecule has 3 saturated heterocycles. The number of fused-ring (bicyclic) bond motifs is 1. The van der Waals surface area contributed by atoms with E-state index < -0.39 is 35.1 Å². The standard InChI is InChI=1S/C31H43N3O5/c1-8-15-32(18-23-13-11-10-12-14-23)27(36)24-25-28(37)34(22(6)19-35)26(29(38)33(16-9-2)20(3)4)31(25)17-21(5)30(24,7)39-31/h8-14,20-22,24-26,35H,1-2,15-19H2,3-7H3/t21?,22-,24+,25+,26?,30-,31?/m1/s1. The lowest BCUT2D eigenvalue weighted by atomic mass is 9.62. The van der Waals surface area contributed by atoms with Crippen molar-refractivity contribution < 1.29 is 24.2 Å². The van der Waals surface area contributed by atoms with Crippen LogP contribution in [0.25, 0.3) is 0 Å². The fourth-order valence-corrected chi connectivity index (χ4v) is 7.13. The van der Waals surface area contributed by atoms with Crippen LogP contribution in [0.3, 0.4) is 0 Å². The largest absolute Gasteiger partial charge is 0.394 e. The third-order valence-corrected chi connectivity index (χ3v) is 9.10. The number of benzene rings is 1. The summed E-state index contributed by atoms with van der Waals surface area (Å²) in [4.78, 5) is 47.9. The first-order valence-electron chi connectivity index (χ1n) is 14.0. The summed E-state index contributed by atoms with van der Waals surface area (Å²) in [5.74, 6) is -2.37. The topological polar surface area (TPSA) is 90.4 Å². The summed E-state index contributed by atoms with van der Waals surface area (Å²) in [6.45, 7) is 17.9. The molecule has 3 aliphatic heterocycles. The molecule has 3 aliphatic rings. The number of aliphatic hydroxyl groups excluding tert-OH is 1. The van der Waals surface area contributed by atoms with Crippen molar-refractivity contribution in [2.75, 3.05) is 19.7 Å². The summed E-state index contributed by atoms with van der Waals surface area (Å²) in [7, 11) is 0. The number of aliphatic hydroxyl groups is 1. The van der Waals surface area contributed by atoms with Gasteiger partial charge in [0.2, 0.25) is 17.7 Å². The number of hydrogen-bond donors (Lipinski definition) is 1. The number of ether oxygens (including phenoxy) is 1. The zero-order valence-electron chi connectivity index (χ0n) is 23.9. The van der Waals surface area contributed by atoms with Gasteiger partial charge in [-0.05, 0) is 45.6 Å². The molecule has 3 unspecified atom stereocenters. The third-order valence-electron chi connectivity index (χ3n) is 9.10. The highest BCUT2D eigenvalue weighted by atomic mass is 16.5. The molecule has 0 radical (unpaired) electrons. The Labute approximate surface area is 232 Å². The monoisotopic (exact) mass is 537 g/mol. The van der Waals surface area contributed by atoms with Crippen LogP contribution in [0.5, 0.6) is 0 Å². The first-order chi connectivity index (χ1) is 18.5. The molecular formula is C31H43N3O5. The van der Waals surface area contributed by atoms with E-state index in [2.05, 4.69) is 13.2 Å². The van der Waals surface area contributed by atoms with Gasteiger partial charge in [-0.2, -0.15) is 0 Å². The van der Waals surface area contributed by atoms with Crippen LogP contribution in [-0.2, 0) is 25.7 Å². The SMILES string of the molecule is C=CCN(Cc1ccccc1)C(=O)[C@@H]1[C@H]2C(=O)N([C@H](C)CO)C(C(=O)N(CC=C)C(C)C)C23CC(C)[C@@]1(C)O3. The fraction of sp³-hybridized carbons (Fsp3) is 0.581. The van der Waals surface area contributed by atoms with Crippen LogP contribution in [0.4, 0.5) is 0 Å². The van der Waals surface area contributed by atoms with Crippen molar-refractivity contribution in [2.45, 2.75) is 76.9 Å². The molecule has 1 aromatic rings. The molecule has 212 valence electrons. The molecule has 0 saturated carbocycles. The van der Waals surface area contributed by atoms with Crippen LogP contribution < -0.4 is 0 Å². The fourth-order valence-electron chi connectivity index (χ4n) is 7.13. The van der Waals surface area contributed by atoms with Gasteiger partial charge in [0.05, 0.1) is 30.1 Å². The minimum atomic E-state index is -1.16. The van der Waals surface area contributed by atoms with E-state index >= 15 is 0 Å². The zero-order valence-corrected chi connectivity index (χ0v) is 23.9. The van der Waals surface area contributed by atoms with E-state index in [9.17, 15) is 19.5 Å². The maximum atomic E-state index is 14.4. The average molecular weight is 538 g/mol. The average Bonchev–Trinajstić information content (AvgIpc) is 3.42. The summed E-state index contributed by atoms with van der Waals surface area (Å²) in [6, 6.07) is 8.03. The van der Waals surface area contributed by atoms with Crippen molar-refractivity contribution in [3.63, 3.8) is 0 Å². The molecule has 1 N–H and O–H groups in total. The first-order valence-corrected chi connectivity index (χ1v) is 14.0. The van der Waals surface area contributed by atoms with E-state index in [1.165, 1.54) is 4.90 Å². The van der Waals surface area contributed by atoms with Gasteiger partial charge in [0.15, 0.2) is 0 Å². The van der Waals surface area contributed by atoms with Gasteiger partial charge in [-0.15, -0.1) is 13.2 Å². The minimum absolute atomic E-state index is 0.0654. The van der Waals surface area contributed by atoms with Gasteiger partial charge in [0.25, 0.3) is 0 Å². The number of rotatable bonds is 11. The van der Waals surface area contributed by atoms with Crippen molar-refractivity contribution in [1.82, 2.24) is 14.7 Å². The lowest BCUT2D eigenvalue weighted by molar-refractivity contribution is -0.158. The van der Waals surface area contributed by atoms with Gasteiger partial charge in [0, 0.05) is 25.7 Å². The quantitative estimate of drug-likeness (QED) is 0.439. The number of nitrogens with zero attached hydrogens (tertiary/aromatic N) is 3. The lowest BCUT2D eigenvalue weighted by Crippen LogP contribution is -2.59. The zero-order chi connectivity index (χ0) is 28.7. The van der Waals surface area contributed by atoms with E-state index in [1.807, 2.05) is 58.0 Å². The van der Waals surface area contributed by atoms with Crippen LogP contribution in [-0.4, -0.2) is 86.6 Å². The molecule has 3 heterocycles. The highest BCUT2D eigenvalue weighted by molar-refractivity contribution is 5.99. The number of carbonyl (C=O) groups excluding carboxylic acids is 3.